The van der Waals surface area contributed by atoms with E-state index in [1.54, 1.807) is 25.3 Å². The predicted octanol–water partition coefficient (Wildman–Crippen LogP) is 3.29. The lowest BCUT2D eigenvalue weighted by Gasteiger charge is -2.16. The first kappa shape index (κ1) is 17.8. The number of methoxy groups -OCH3 is 1. The average molecular weight is 344 g/mol. The van der Waals surface area contributed by atoms with Gasteiger partial charge in [0.15, 0.2) is 0 Å². The van der Waals surface area contributed by atoms with E-state index in [-0.39, 0.29) is 12.5 Å². The van der Waals surface area contributed by atoms with Gasteiger partial charge in [-0.25, -0.2) is 0 Å². The third-order valence-electron chi connectivity index (χ3n) is 3.40. The molecule has 124 valence electrons. The van der Waals surface area contributed by atoms with Crippen molar-refractivity contribution in [2.24, 2.45) is 0 Å². The van der Waals surface area contributed by atoms with E-state index in [0.717, 1.165) is 11.3 Å². The normalized spacial score (nSPS) is 10.3. The maximum atomic E-state index is 12.1. The average Bonchev–Trinajstić information content (AvgIpc) is 2.55. The van der Waals surface area contributed by atoms with Crippen LogP contribution in [0.25, 0.3) is 0 Å². The number of nitrogens with zero attached hydrogens (tertiary/aromatic N) is 2. The molecule has 0 unspecified atom stereocenters. The SMILES string of the molecule is COc1ccc(CN(C)CC(=O)Nc2ccc(C#N)c(Cl)c2)cc1. The van der Waals surface area contributed by atoms with Crippen LogP contribution in [0.3, 0.4) is 0 Å². The molecule has 1 N–H and O–H groups in total. The maximum Gasteiger partial charge on any atom is 0.238 e. The highest BCUT2D eigenvalue weighted by atomic mass is 35.5. The number of rotatable bonds is 6. The molecule has 0 saturated carbocycles. The first-order valence-corrected chi connectivity index (χ1v) is 7.70. The van der Waals surface area contributed by atoms with Crippen LogP contribution in [-0.2, 0) is 11.3 Å². The number of amides is 1. The van der Waals surface area contributed by atoms with Gasteiger partial charge in [0.2, 0.25) is 5.91 Å². The first-order chi connectivity index (χ1) is 11.5. The Bertz CT molecular complexity index is 754. The van der Waals surface area contributed by atoms with Crippen molar-refractivity contribution in [3.63, 3.8) is 0 Å². The molecule has 2 aromatic carbocycles. The minimum absolute atomic E-state index is 0.146. The summed E-state index contributed by atoms with van der Waals surface area (Å²) in [6.45, 7) is 0.884. The van der Waals surface area contributed by atoms with Crippen LogP contribution in [0, 0.1) is 11.3 Å². The van der Waals surface area contributed by atoms with Crippen molar-refractivity contribution in [2.75, 3.05) is 26.0 Å². The quantitative estimate of drug-likeness (QED) is 0.874. The van der Waals surface area contributed by atoms with Gasteiger partial charge in [-0.3, -0.25) is 9.69 Å². The smallest absolute Gasteiger partial charge is 0.238 e. The Kier molecular flexibility index (Phi) is 6.19. The highest BCUT2D eigenvalue weighted by molar-refractivity contribution is 6.32. The minimum atomic E-state index is -0.146. The summed E-state index contributed by atoms with van der Waals surface area (Å²) in [6, 6.07) is 14.5. The fourth-order valence-corrected chi connectivity index (χ4v) is 2.45. The van der Waals surface area contributed by atoms with Gasteiger partial charge in [0.25, 0.3) is 0 Å². The molecule has 6 heteroatoms. The molecule has 0 aromatic heterocycles. The van der Waals surface area contributed by atoms with Gasteiger partial charge in [0.05, 0.1) is 24.2 Å². The van der Waals surface area contributed by atoms with Crippen molar-refractivity contribution >= 4 is 23.2 Å². The van der Waals surface area contributed by atoms with E-state index in [1.165, 1.54) is 0 Å². The molecule has 0 bridgehead atoms. The summed E-state index contributed by atoms with van der Waals surface area (Å²) in [5.74, 6) is 0.656. The molecular formula is C18H18ClN3O2. The van der Waals surface area contributed by atoms with Crippen molar-refractivity contribution in [3.8, 4) is 11.8 Å². The van der Waals surface area contributed by atoms with Crippen LogP contribution in [0.2, 0.25) is 5.02 Å². The fraction of sp³-hybridized carbons (Fsp3) is 0.222. The van der Waals surface area contributed by atoms with Crippen molar-refractivity contribution in [2.45, 2.75) is 6.54 Å². The topological polar surface area (TPSA) is 65.4 Å². The van der Waals surface area contributed by atoms with Crippen LogP contribution in [0.5, 0.6) is 5.75 Å². The summed E-state index contributed by atoms with van der Waals surface area (Å²) in [5.41, 5.74) is 2.04. The zero-order valence-electron chi connectivity index (χ0n) is 13.5. The summed E-state index contributed by atoms with van der Waals surface area (Å²) >= 11 is 5.96. The second kappa shape index (κ2) is 8.34. The molecule has 2 aromatic rings. The Hall–Kier alpha value is -2.55. The molecule has 5 nitrogen and oxygen atoms in total. The molecule has 0 saturated heterocycles. The summed E-state index contributed by atoms with van der Waals surface area (Å²) in [5, 5.41) is 11.9. The van der Waals surface area contributed by atoms with E-state index >= 15 is 0 Å². The lowest BCUT2D eigenvalue weighted by Crippen LogP contribution is -2.29. The minimum Gasteiger partial charge on any atom is -0.497 e. The molecule has 0 heterocycles. The number of carbonyl (C=O) groups is 1. The van der Waals surface area contributed by atoms with Gasteiger partial charge in [0.1, 0.15) is 11.8 Å². The summed E-state index contributed by atoms with van der Waals surface area (Å²) < 4.78 is 5.12. The number of carbonyl (C=O) groups excluding carboxylic acids is 1. The van der Waals surface area contributed by atoms with Crippen molar-refractivity contribution < 1.29 is 9.53 Å². The molecule has 0 fully saturated rings. The van der Waals surface area contributed by atoms with Crippen molar-refractivity contribution in [3.05, 3.63) is 58.6 Å². The summed E-state index contributed by atoms with van der Waals surface area (Å²) in [4.78, 5) is 14.0. The molecule has 1 amide bonds. The number of benzene rings is 2. The van der Waals surface area contributed by atoms with E-state index in [9.17, 15) is 4.79 Å². The fourth-order valence-electron chi connectivity index (χ4n) is 2.23. The van der Waals surface area contributed by atoms with E-state index in [2.05, 4.69) is 5.32 Å². The van der Waals surface area contributed by atoms with Gasteiger partial charge < -0.3 is 10.1 Å². The number of likely N-dealkylation sites (N-methyl/N-ethyl adjacent to an activating group) is 1. The van der Waals surface area contributed by atoms with Gasteiger partial charge >= 0.3 is 0 Å². The largest absolute Gasteiger partial charge is 0.497 e. The van der Waals surface area contributed by atoms with Crippen LogP contribution < -0.4 is 10.1 Å². The third-order valence-corrected chi connectivity index (χ3v) is 3.71. The molecule has 0 aliphatic carbocycles. The van der Waals surface area contributed by atoms with Crippen LogP contribution in [-0.4, -0.2) is 31.5 Å². The van der Waals surface area contributed by atoms with Gasteiger partial charge in [0, 0.05) is 12.2 Å². The Morgan fingerprint density at radius 3 is 2.58 bits per heavy atom. The lowest BCUT2D eigenvalue weighted by atomic mass is 10.2. The van der Waals surface area contributed by atoms with E-state index in [0.29, 0.717) is 22.8 Å². The number of hydrogen-bond donors (Lipinski definition) is 1. The van der Waals surface area contributed by atoms with Crippen LogP contribution in [0.4, 0.5) is 5.69 Å². The Labute approximate surface area is 146 Å². The third kappa shape index (κ3) is 4.98. The molecule has 0 spiro atoms. The Morgan fingerprint density at radius 1 is 1.29 bits per heavy atom. The monoisotopic (exact) mass is 343 g/mol. The lowest BCUT2D eigenvalue weighted by molar-refractivity contribution is -0.117. The first-order valence-electron chi connectivity index (χ1n) is 7.33. The standard InChI is InChI=1S/C18H18ClN3O2/c1-22(11-13-3-7-16(24-2)8-4-13)12-18(23)21-15-6-5-14(10-20)17(19)9-15/h3-9H,11-12H2,1-2H3,(H,21,23). The Morgan fingerprint density at radius 2 is 2.00 bits per heavy atom. The van der Waals surface area contributed by atoms with Gasteiger partial charge in [-0.05, 0) is 42.9 Å². The number of hydrogen-bond acceptors (Lipinski definition) is 4. The van der Waals surface area contributed by atoms with Gasteiger partial charge in [-0.2, -0.15) is 5.26 Å². The van der Waals surface area contributed by atoms with E-state index < -0.39 is 0 Å². The van der Waals surface area contributed by atoms with Gasteiger partial charge in [-0.15, -0.1) is 0 Å². The van der Waals surface area contributed by atoms with Crippen LogP contribution >= 0.6 is 11.6 Å². The zero-order chi connectivity index (χ0) is 17.5. The molecular weight excluding hydrogens is 326 g/mol. The number of halogens is 1. The predicted molar refractivity (Wildman–Crippen MR) is 94.1 cm³/mol. The molecule has 0 aliphatic rings. The summed E-state index contributed by atoms with van der Waals surface area (Å²) in [6.07, 6.45) is 0. The van der Waals surface area contributed by atoms with Crippen molar-refractivity contribution in [1.29, 1.82) is 5.26 Å². The second-order valence-corrected chi connectivity index (χ2v) is 5.78. The molecule has 24 heavy (non-hydrogen) atoms. The summed E-state index contributed by atoms with van der Waals surface area (Å²) in [7, 11) is 3.50. The molecule has 0 atom stereocenters. The van der Waals surface area contributed by atoms with Gasteiger partial charge in [-0.1, -0.05) is 23.7 Å². The number of nitrogens with one attached hydrogen (secondary N) is 1. The second-order valence-electron chi connectivity index (χ2n) is 5.37. The highest BCUT2D eigenvalue weighted by Crippen LogP contribution is 2.20. The number of ether oxygens (including phenoxy) is 1. The van der Waals surface area contributed by atoms with Crippen LogP contribution in [0.1, 0.15) is 11.1 Å². The number of anilines is 1. The van der Waals surface area contributed by atoms with Crippen molar-refractivity contribution in [1.82, 2.24) is 4.90 Å². The molecule has 0 aliphatic heterocycles. The van der Waals surface area contributed by atoms with E-state index in [1.807, 2.05) is 42.3 Å². The highest BCUT2D eigenvalue weighted by Gasteiger charge is 2.09. The van der Waals surface area contributed by atoms with Crippen LogP contribution in [0.15, 0.2) is 42.5 Å². The maximum absolute atomic E-state index is 12.1. The van der Waals surface area contributed by atoms with E-state index in [4.69, 9.17) is 21.6 Å². The zero-order valence-corrected chi connectivity index (χ0v) is 14.3. The molecule has 0 radical (unpaired) electrons. The molecule has 2 rings (SSSR count). The Balaban J connectivity index is 1.89. The number of nitriles is 1.